The molecule has 0 spiro atoms. The van der Waals surface area contributed by atoms with Crippen LogP contribution in [0.15, 0.2) is 48.7 Å². The Bertz CT molecular complexity index is 1190. The molecule has 6 nitrogen and oxygen atoms in total. The lowest BCUT2D eigenvalue weighted by atomic mass is 10.1. The second-order valence-corrected chi connectivity index (χ2v) is 8.10. The first-order valence-electron chi connectivity index (χ1n) is 9.54. The van der Waals surface area contributed by atoms with Gasteiger partial charge < -0.3 is 5.32 Å². The van der Waals surface area contributed by atoms with Crippen molar-refractivity contribution >= 4 is 34.2 Å². The van der Waals surface area contributed by atoms with Gasteiger partial charge in [0.05, 0.1) is 22.8 Å². The molecule has 1 aromatic carbocycles. The van der Waals surface area contributed by atoms with Gasteiger partial charge in [0.15, 0.2) is 11.5 Å². The number of hydrogen-bond donors (Lipinski definition) is 1. The maximum atomic E-state index is 13.2. The van der Waals surface area contributed by atoms with Crippen LogP contribution in [0.5, 0.6) is 0 Å². The number of pyridine rings is 2. The van der Waals surface area contributed by atoms with E-state index < -0.39 is 0 Å². The third kappa shape index (κ3) is 3.96. The van der Waals surface area contributed by atoms with Crippen molar-refractivity contribution < 1.29 is 4.79 Å². The summed E-state index contributed by atoms with van der Waals surface area (Å²) in [5.41, 5.74) is 4.13. The standard InChI is InChI=1S/C22H23N5OS/c1-14-7-8-16-13-17(15(2)23-19(16)12-14)22(28)24-18(9-11-29-3)21-26-25-20-6-4-5-10-27(20)21/h4-8,10,12-13,18H,9,11H2,1-3H3,(H,24,28). The molecule has 1 amide bonds. The van der Waals surface area contributed by atoms with E-state index in [9.17, 15) is 4.79 Å². The molecule has 7 heteroatoms. The van der Waals surface area contributed by atoms with E-state index >= 15 is 0 Å². The monoisotopic (exact) mass is 405 g/mol. The number of amides is 1. The SMILES string of the molecule is CSCCC(NC(=O)c1cc2ccc(C)cc2nc1C)c1nnc2ccccn12. The van der Waals surface area contributed by atoms with Crippen LogP contribution in [-0.2, 0) is 0 Å². The van der Waals surface area contributed by atoms with Crippen LogP contribution >= 0.6 is 11.8 Å². The van der Waals surface area contributed by atoms with Gasteiger partial charge in [-0.05, 0) is 62.1 Å². The van der Waals surface area contributed by atoms with Crippen molar-refractivity contribution in [3.63, 3.8) is 0 Å². The second kappa shape index (κ2) is 8.21. The lowest BCUT2D eigenvalue weighted by Gasteiger charge is -2.18. The van der Waals surface area contributed by atoms with Crippen LogP contribution in [0.1, 0.15) is 39.9 Å². The lowest BCUT2D eigenvalue weighted by molar-refractivity contribution is 0.0933. The summed E-state index contributed by atoms with van der Waals surface area (Å²) in [5, 5.41) is 12.7. The van der Waals surface area contributed by atoms with Gasteiger partial charge in [-0.3, -0.25) is 14.2 Å². The Morgan fingerprint density at radius 2 is 2.03 bits per heavy atom. The molecule has 0 aliphatic heterocycles. The van der Waals surface area contributed by atoms with Crippen LogP contribution in [0.3, 0.4) is 0 Å². The smallest absolute Gasteiger partial charge is 0.253 e. The van der Waals surface area contributed by atoms with Gasteiger partial charge in [-0.15, -0.1) is 10.2 Å². The maximum Gasteiger partial charge on any atom is 0.253 e. The van der Waals surface area contributed by atoms with Gasteiger partial charge in [0.25, 0.3) is 5.91 Å². The summed E-state index contributed by atoms with van der Waals surface area (Å²) in [4.78, 5) is 17.8. The Hall–Kier alpha value is -2.93. The number of carbonyl (C=O) groups is 1. The van der Waals surface area contributed by atoms with Crippen LogP contribution < -0.4 is 5.32 Å². The predicted molar refractivity (Wildman–Crippen MR) is 117 cm³/mol. The molecule has 148 valence electrons. The van der Waals surface area contributed by atoms with Crippen molar-refractivity contribution in [2.24, 2.45) is 0 Å². The van der Waals surface area contributed by atoms with Crippen LogP contribution in [0.4, 0.5) is 0 Å². The van der Waals surface area contributed by atoms with Crippen LogP contribution in [0, 0.1) is 13.8 Å². The number of aryl methyl sites for hydroxylation is 2. The third-order valence-electron chi connectivity index (χ3n) is 4.98. The number of benzene rings is 1. The Morgan fingerprint density at radius 3 is 2.86 bits per heavy atom. The Balaban J connectivity index is 1.67. The first-order chi connectivity index (χ1) is 14.1. The number of nitrogens with one attached hydrogen (secondary N) is 1. The molecule has 3 aromatic heterocycles. The zero-order valence-electron chi connectivity index (χ0n) is 16.7. The minimum atomic E-state index is -0.236. The Morgan fingerprint density at radius 1 is 1.17 bits per heavy atom. The highest BCUT2D eigenvalue weighted by Gasteiger charge is 2.22. The van der Waals surface area contributed by atoms with Crippen molar-refractivity contribution in [1.29, 1.82) is 0 Å². The summed E-state index contributed by atoms with van der Waals surface area (Å²) in [6.07, 6.45) is 4.75. The number of aromatic nitrogens is 4. The van der Waals surface area contributed by atoms with Gasteiger partial charge in [-0.25, -0.2) is 0 Å². The number of hydrogen-bond acceptors (Lipinski definition) is 5. The average molecular weight is 406 g/mol. The van der Waals surface area contributed by atoms with Crippen molar-refractivity contribution in [2.75, 3.05) is 12.0 Å². The number of nitrogens with zero attached hydrogens (tertiary/aromatic N) is 4. The molecule has 1 atom stereocenters. The summed E-state index contributed by atoms with van der Waals surface area (Å²) < 4.78 is 1.93. The molecule has 0 saturated carbocycles. The van der Waals surface area contributed by atoms with Crippen LogP contribution in [-0.4, -0.2) is 37.5 Å². The van der Waals surface area contributed by atoms with E-state index in [0.717, 1.165) is 45.8 Å². The summed E-state index contributed by atoms with van der Waals surface area (Å²) in [5.74, 6) is 1.50. The fourth-order valence-electron chi connectivity index (χ4n) is 3.44. The van der Waals surface area contributed by atoms with Crippen molar-refractivity contribution in [3.8, 4) is 0 Å². The number of fused-ring (bicyclic) bond motifs is 2. The van der Waals surface area contributed by atoms with E-state index in [1.165, 1.54) is 0 Å². The summed E-state index contributed by atoms with van der Waals surface area (Å²) in [6, 6.07) is 13.5. The zero-order valence-corrected chi connectivity index (χ0v) is 17.5. The van der Waals surface area contributed by atoms with Crippen LogP contribution in [0.25, 0.3) is 16.6 Å². The summed E-state index contributed by atoms with van der Waals surface area (Å²) >= 11 is 1.74. The van der Waals surface area contributed by atoms with E-state index in [2.05, 4.69) is 26.8 Å². The fraction of sp³-hybridized carbons (Fsp3) is 0.273. The normalized spacial score (nSPS) is 12.4. The molecule has 1 unspecified atom stereocenters. The molecule has 0 radical (unpaired) electrons. The molecule has 4 rings (SSSR count). The van der Waals surface area contributed by atoms with Crippen LogP contribution in [0.2, 0.25) is 0 Å². The number of carbonyl (C=O) groups excluding carboxylic acids is 1. The Kier molecular flexibility index (Phi) is 5.49. The molecule has 0 fully saturated rings. The molecule has 3 heterocycles. The van der Waals surface area contributed by atoms with Gasteiger partial charge >= 0.3 is 0 Å². The van der Waals surface area contributed by atoms with Crippen molar-refractivity contribution in [3.05, 3.63) is 71.3 Å². The fourth-order valence-corrected chi connectivity index (χ4v) is 3.91. The largest absolute Gasteiger partial charge is 0.342 e. The predicted octanol–water partition coefficient (Wildman–Crippen LogP) is 4.12. The minimum absolute atomic E-state index is 0.142. The van der Waals surface area contributed by atoms with Gasteiger partial charge in [-0.1, -0.05) is 18.2 Å². The molecule has 4 aromatic rings. The topological polar surface area (TPSA) is 72.2 Å². The first kappa shape index (κ1) is 19.4. The van der Waals surface area contributed by atoms with Gasteiger partial charge in [-0.2, -0.15) is 11.8 Å². The average Bonchev–Trinajstić information content (AvgIpc) is 3.14. The van der Waals surface area contributed by atoms with Gasteiger partial charge in [0.1, 0.15) is 0 Å². The molecule has 0 aliphatic rings. The molecular formula is C22H23N5OS. The molecule has 29 heavy (non-hydrogen) atoms. The summed E-state index contributed by atoms with van der Waals surface area (Å²) in [6.45, 7) is 3.91. The highest BCUT2D eigenvalue weighted by atomic mass is 32.2. The Labute approximate surface area is 173 Å². The van der Waals surface area contributed by atoms with Gasteiger partial charge in [0.2, 0.25) is 0 Å². The quantitative estimate of drug-likeness (QED) is 0.522. The van der Waals surface area contributed by atoms with E-state index in [1.54, 1.807) is 11.8 Å². The molecule has 0 saturated heterocycles. The number of thioether (sulfide) groups is 1. The first-order valence-corrected chi connectivity index (χ1v) is 10.9. The van der Waals surface area contributed by atoms with Crippen molar-refractivity contribution in [2.45, 2.75) is 26.3 Å². The van der Waals surface area contributed by atoms with Gasteiger partial charge in [0, 0.05) is 11.6 Å². The zero-order chi connectivity index (χ0) is 20.4. The van der Waals surface area contributed by atoms with Crippen molar-refractivity contribution in [1.82, 2.24) is 24.9 Å². The summed E-state index contributed by atoms with van der Waals surface area (Å²) in [7, 11) is 0. The highest BCUT2D eigenvalue weighted by molar-refractivity contribution is 7.98. The lowest BCUT2D eigenvalue weighted by Crippen LogP contribution is -2.31. The van der Waals surface area contributed by atoms with E-state index in [-0.39, 0.29) is 11.9 Å². The molecule has 0 aliphatic carbocycles. The second-order valence-electron chi connectivity index (χ2n) is 7.11. The molecule has 0 bridgehead atoms. The maximum absolute atomic E-state index is 13.2. The van der Waals surface area contributed by atoms with E-state index in [4.69, 9.17) is 0 Å². The molecule has 1 N–H and O–H groups in total. The van der Waals surface area contributed by atoms with E-state index in [1.807, 2.05) is 66.9 Å². The third-order valence-corrected chi connectivity index (χ3v) is 5.62. The minimum Gasteiger partial charge on any atom is -0.342 e. The number of rotatable bonds is 6. The highest BCUT2D eigenvalue weighted by Crippen LogP contribution is 2.22. The van der Waals surface area contributed by atoms with E-state index in [0.29, 0.717) is 5.56 Å². The molecular weight excluding hydrogens is 382 g/mol.